The molecule has 8 heteroatoms. The van der Waals surface area contributed by atoms with Gasteiger partial charge < -0.3 is 14.5 Å². The number of hydrogen-bond donors (Lipinski definition) is 2. The molecule has 0 unspecified atom stereocenters. The van der Waals surface area contributed by atoms with Crippen molar-refractivity contribution < 1.29 is 22.4 Å². The normalized spacial score (nSPS) is 11.0. The molecule has 1 heterocycles. The van der Waals surface area contributed by atoms with E-state index in [0.29, 0.717) is 17.2 Å². The van der Waals surface area contributed by atoms with Gasteiger partial charge in [0, 0.05) is 5.69 Å². The minimum atomic E-state index is -3.71. The monoisotopic (exact) mass is 400 g/mol. The van der Waals surface area contributed by atoms with Crippen molar-refractivity contribution in [2.75, 3.05) is 11.3 Å². The van der Waals surface area contributed by atoms with Crippen molar-refractivity contribution in [2.45, 2.75) is 18.4 Å². The fourth-order valence-corrected chi connectivity index (χ4v) is 3.49. The maximum Gasteiger partial charge on any atom is 0.261 e. The number of nitrogens with one attached hydrogen (secondary N) is 2. The lowest BCUT2D eigenvalue weighted by Gasteiger charge is -2.10. The second-order valence-electron chi connectivity index (χ2n) is 6.09. The summed E-state index contributed by atoms with van der Waals surface area (Å²) in [5.74, 6) is 0.723. The van der Waals surface area contributed by atoms with Crippen molar-refractivity contribution in [1.82, 2.24) is 5.32 Å². The van der Waals surface area contributed by atoms with Crippen LogP contribution in [-0.4, -0.2) is 20.9 Å². The first-order valence-electron chi connectivity index (χ1n) is 8.54. The first-order chi connectivity index (χ1) is 13.4. The molecule has 3 aromatic rings. The number of aryl methyl sites for hydroxylation is 1. The Bertz CT molecular complexity index is 1030. The first kappa shape index (κ1) is 19.5. The summed E-state index contributed by atoms with van der Waals surface area (Å²) in [6, 6.07) is 16.4. The van der Waals surface area contributed by atoms with Crippen LogP contribution in [0.4, 0.5) is 5.69 Å². The van der Waals surface area contributed by atoms with Crippen LogP contribution in [0.25, 0.3) is 0 Å². The van der Waals surface area contributed by atoms with Crippen LogP contribution < -0.4 is 14.8 Å². The number of ether oxygens (including phenoxy) is 1. The Morgan fingerprint density at radius 2 is 1.86 bits per heavy atom. The van der Waals surface area contributed by atoms with Gasteiger partial charge in [0.25, 0.3) is 15.9 Å². The fraction of sp³-hybridized carbons (Fsp3) is 0.150. The van der Waals surface area contributed by atoms with E-state index in [2.05, 4.69) is 10.0 Å². The highest BCUT2D eigenvalue weighted by Gasteiger charge is 2.14. The number of amides is 1. The van der Waals surface area contributed by atoms with E-state index in [9.17, 15) is 13.2 Å². The average Bonchev–Trinajstić information content (AvgIpc) is 3.18. The molecule has 1 amide bonds. The van der Waals surface area contributed by atoms with Gasteiger partial charge in [-0.1, -0.05) is 12.1 Å². The maximum atomic E-state index is 12.5. The summed E-state index contributed by atoms with van der Waals surface area (Å²) in [5, 5.41) is 2.66. The predicted octanol–water partition coefficient (Wildman–Crippen LogP) is 3.08. The van der Waals surface area contributed by atoms with Gasteiger partial charge in [0.2, 0.25) is 0 Å². The fourth-order valence-electron chi connectivity index (χ4n) is 2.44. The molecule has 1 aromatic heterocycles. The Kier molecular flexibility index (Phi) is 6.00. The lowest BCUT2D eigenvalue weighted by atomic mass is 10.2. The largest absolute Gasteiger partial charge is 0.484 e. The molecule has 0 saturated carbocycles. The van der Waals surface area contributed by atoms with Crippen molar-refractivity contribution in [2.24, 2.45) is 0 Å². The van der Waals surface area contributed by atoms with E-state index in [-0.39, 0.29) is 24.0 Å². The average molecular weight is 400 g/mol. The molecule has 0 radical (unpaired) electrons. The lowest BCUT2D eigenvalue weighted by Crippen LogP contribution is -2.28. The highest BCUT2D eigenvalue weighted by molar-refractivity contribution is 7.92. The number of anilines is 1. The number of hydrogen-bond acceptors (Lipinski definition) is 5. The van der Waals surface area contributed by atoms with Gasteiger partial charge in [-0.15, -0.1) is 0 Å². The van der Waals surface area contributed by atoms with Gasteiger partial charge in [0.1, 0.15) is 11.5 Å². The smallest absolute Gasteiger partial charge is 0.261 e. The summed E-state index contributed by atoms with van der Waals surface area (Å²) in [6.45, 7) is 1.97. The van der Waals surface area contributed by atoms with Gasteiger partial charge in [-0.05, 0) is 61.0 Å². The highest BCUT2D eigenvalue weighted by Crippen LogP contribution is 2.20. The molecule has 3 rings (SSSR count). The van der Waals surface area contributed by atoms with Crippen LogP contribution in [0.5, 0.6) is 5.75 Å². The van der Waals surface area contributed by atoms with Gasteiger partial charge in [0.15, 0.2) is 6.61 Å². The molecular formula is C20H20N2O5S. The zero-order valence-electron chi connectivity index (χ0n) is 15.2. The van der Waals surface area contributed by atoms with Crippen LogP contribution >= 0.6 is 0 Å². The van der Waals surface area contributed by atoms with E-state index < -0.39 is 10.0 Å². The summed E-state index contributed by atoms with van der Waals surface area (Å²) >= 11 is 0. The van der Waals surface area contributed by atoms with Crippen LogP contribution in [-0.2, 0) is 21.4 Å². The molecule has 0 fully saturated rings. The Morgan fingerprint density at radius 3 is 2.54 bits per heavy atom. The summed E-state index contributed by atoms with van der Waals surface area (Å²) in [4.78, 5) is 11.9. The molecule has 0 aliphatic heterocycles. The third-order valence-corrected chi connectivity index (χ3v) is 5.21. The van der Waals surface area contributed by atoms with E-state index >= 15 is 0 Å². The van der Waals surface area contributed by atoms with Crippen molar-refractivity contribution in [1.29, 1.82) is 0 Å². The zero-order chi connectivity index (χ0) is 20.0. The molecular weight excluding hydrogens is 380 g/mol. The maximum absolute atomic E-state index is 12.5. The van der Waals surface area contributed by atoms with Crippen LogP contribution in [0.3, 0.4) is 0 Å². The minimum absolute atomic E-state index is 0.101. The number of rotatable bonds is 8. The quantitative estimate of drug-likeness (QED) is 0.606. The van der Waals surface area contributed by atoms with E-state index in [0.717, 1.165) is 5.56 Å². The van der Waals surface area contributed by atoms with Crippen LogP contribution in [0, 0.1) is 6.92 Å². The highest BCUT2D eigenvalue weighted by atomic mass is 32.2. The van der Waals surface area contributed by atoms with Crippen LogP contribution in [0.1, 0.15) is 11.3 Å². The van der Waals surface area contributed by atoms with Crippen molar-refractivity contribution in [3.63, 3.8) is 0 Å². The van der Waals surface area contributed by atoms with Gasteiger partial charge in [-0.25, -0.2) is 8.42 Å². The Hall–Kier alpha value is -3.26. The molecule has 0 saturated heterocycles. The molecule has 0 aliphatic carbocycles. The van der Waals surface area contributed by atoms with Gasteiger partial charge >= 0.3 is 0 Å². The Labute approximate surface area is 163 Å². The number of benzene rings is 2. The number of carbonyl (C=O) groups excluding carboxylic acids is 1. The zero-order valence-corrected chi connectivity index (χ0v) is 16.0. The van der Waals surface area contributed by atoms with Crippen molar-refractivity contribution >= 4 is 21.6 Å². The second-order valence-corrected chi connectivity index (χ2v) is 7.77. The Morgan fingerprint density at radius 1 is 1.07 bits per heavy atom. The molecule has 0 bridgehead atoms. The van der Waals surface area contributed by atoms with E-state index in [1.165, 1.54) is 30.5 Å². The lowest BCUT2D eigenvalue weighted by molar-refractivity contribution is -0.123. The van der Waals surface area contributed by atoms with E-state index in [1.54, 1.807) is 30.3 Å². The molecule has 0 aliphatic rings. The van der Waals surface area contributed by atoms with Crippen molar-refractivity contribution in [3.8, 4) is 5.75 Å². The number of furan rings is 1. The topological polar surface area (TPSA) is 97.6 Å². The second kappa shape index (κ2) is 8.62. The van der Waals surface area contributed by atoms with Gasteiger partial charge in [0.05, 0.1) is 17.7 Å². The molecule has 2 aromatic carbocycles. The molecule has 2 N–H and O–H groups in total. The SMILES string of the molecule is Cc1cccc(NS(=O)(=O)c2ccc(OCC(=O)NCc3ccco3)cc2)c1. The van der Waals surface area contributed by atoms with E-state index in [1.807, 2.05) is 13.0 Å². The summed E-state index contributed by atoms with van der Waals surface area (Å²) in [7, 11) is -3.71. The molecule has 28 heavy (non-hydrogen) atoms. The Balaban J connectivity index is 1.54. The predicted molar refractivity (Wildman–Crippen MR) is 104 cm³/mol. The third-order valence-electron chi connectivity index (χ3n) is 3.81. The molecule has 146 valence electrons. The third kappa shape index (κ3) is 5.37. The standard InChI is InChI=1S/C20H20N2O5S/c1-15-4-2-5-16(12-15)22-28(24,25)19-9-7-17(8-10-19)27-14-20(23)21-13-18-6-3-11-26-18/h2-12,22H,13-14H2,1H3,(H,21,23). The summed E-state index contributed by atoms with van der Waals surface area (Å²) in [6.07, 6.45) is 1.53. The summed E-state index contributed by atoms with van der Waals surface area (Å²) in [5.41, 5.74) is 1.45. The van der Waals surface area contributed by atoms with Gasteiger partial charge in [-0.2, -0.15) is 0 Å². The van der Waals surface area contributed by atoms with E-state index in [4.69, 9.17) is 9.15 Å². The molecule has 0 atom stereocenters. The van der Waals surface area contributed by atoms with Gasteiger partial charge in [-0.3, -0.25) is 9.52 Å². The van der Waals surface area contributed by atoms with Crippen LogP contribution in [0.2, 0.25) is 0 Å². The summed E-state index contributed by atoms with van der Waals surface area (Å²) < 4.78 is 38.0. The van der Waals surface area contributed by atoms with Crippen molar-refractivity contribution in [3.05, 3.63) is 78.3 Å². The minimum Gasteiger partial charge on any atom is -0.484 e. The molecule has 0 spiro atoms. The molecule has 7 nitrogen and oxygen atoms in total. The number of carbonyl (C=O) groups is 1. The van der Waals surface area contributed by atoms with Crippen LogP contribution in [0.15, 0.2) is 76.2 Å². The first-order valence-corrected chi connectivity index (χ1v) is 10.0. The number of sulfonamides is 1.